The molecular formula is C26H19F3N2O4. The van der Waals surface area contributed by atoms with Crippen molar-refractivity contribution in [3.63, 3.8) is 0 Å². The van der Waals surface area contributed by atoms with Gasteiger partial charge in [0.15, 0.2) is 5.58 Å². The normalized spacial score (nSPS) is 12.0. The first-order valence-corrected chi connectivity index (χ1v) is 10.8. The van der Waals surface area contributed by atoms with Crippen molar-refractivity contribution in [3.05, 3.63) is 77.9 Å². The largest absolute Gasteiger partial charge is 0.481 e. The number of aromatic nitrogens is 1. The van der Waals surface area contributed by atoms with Crippen LogP contribution in [-0.4, -0.2) is 22.6 Å². The molecule has 35 heavy (non-hydrogen) atoms. The zero-order valence-corrected chi connectivity index (χ0v) is 18.2. The quantitative estimate of drug-likeness (QED) is 0.261. The van der Waals surface area contributed by atoms with E-state index in [1.54, 1.807) is 36.4 Å². The number of carbonyl (C=O) groups is 1. The second kappa shape index (κ2) is 8.92. The summed E-state index contributed by atoms with van der Waals surface area (Å²) in [5, 5.41) is 11.8. The molecule has 0 amide bonds. The van der Waals surface area contributed by atoms with Crippen molar-refractivity contribution in [2.24, 2.45) is 0 Å². The molecule has 1 aromatic heterocycles. The third kappa shape index (κ3) is 4.63. The fourth-order valence-corrected chi connectivity index (χ4v) is 3.95. The first kappa shape index (κ1) is 22.7. The molecule has 3 aromatic rings. The number of benzene rings is 2. The van der Waals surface area contributed by atoms with Crippen LogP contribution in [0.1, 0.15) is 17.5 Å². The minimum absolute atomic E-state index is 0.00536. The highest BCUT2D eigenvalue weighted by molar-refractivity contribution is 5.85. The second-order valence-corrected chi connectivity index (χ2v) is 8.01. The molecule has 0 atom stereocenters. The van der Waals surface area contributed by atoms with Crippen LogP contribution in [0.2, 0.25) is 0 Å². The Hall–Kier alpha value is -4.11. The molecular weight excluding hydrogens is 461 g/mol. The second-order valence-electron chi connectivity index (χ2n) is 8.01. The molecule has 9 heteroatoms. The number of nitrogens with zero attached hydrogens (tertiary/aromatic N) is 1. The van der Waals surface area contributed by atoms with Gasteiger partial charge in [-0.1, -0.05) is 24.3 Å². The van der Waals surface area contributed by atoms with Crippen LogP contribution in [0.15, 0.2) is 75.6 Å². The molecule has 0 unspecified atom stereocenters. The van der Waals surface area contributed by atoms with Gasteiger partial charge in [0.1, 0.15) is 17.0 Å². The van der Waals surface area contributed by atoms with Gasteiger partial charge in [0.25, 0.3) is 0 Å². The third-order valence-corrected chi connectivity index (χ3v) is 5.59. The van der Waals surface area contributed by atoms with E-state index >= 15 is 0 Å². The summed E-state index contributed by atoms with van der Waals surface area (Å²) < 4.78 is 53.7. The van der Waals surface area contributed by atoms with E-state index in [0.717, 1.165) is 17.2 Å². The lowest BCUT2D eigenvalue weighted by Crippen LogP contribution is -2.17. The fraction of sp³-hybridized carbons (Fsp3) is 0.154. The molecule has 0 fully saturated rings. The molecule has 178 valence electrons. The predicted molar refractivity (Wildman–Crippen MR) is 123 cm³/mol. The summed E-state index contributed by atoms with van der Waals surface area (Å²) in [7, 11) is 0. The highest BCUT2D eigenvalue weighted by Gasteiger charge is 2.36. The number of aliphatic carboxylic acids is 1. The zero-order valence-electron chi connectivity index (χ0n) is 18.2. The maximum absolute atomic E-state index is 14.0. The van der Waals surface area contributed by atoms with Crippen LogP contribution in [-0.2, 0) is 17.5 Å². The van der Waals surface area contributed by atoms with E-state index in [4.69, 9.17) is 13.9 Å². The van der Waals surface area contributed by atoms with Crippen LogP contribution in [0, 0.1) is 0 Å². The van der Waals surface area contributed by atoms with Crippen LogP contribution >= 0.6 is 0 Å². The Kier molecular flexibility index (Phi) is 5.78. The number of alkyl halides is 3. The third-order valence-electron chi connectivity index (χ3n) is 5.59. The summed E-state index contributed by atoms with van der Waals surface area (Å²) in [6.07, 6.45) is -4.63. The molecule has 1 aliphatic carbocycles. The number of oxazole rings is 1. The predicted octanol–water partition coefficient (Wildman–Crippen LogP) is 6.44. The first-order valence-electron chi connectivity index (χ1n) is 10.8. The lowest BCUT2D eigenvalue weighted by atomic mass is 9.97. The zero-order chi connectivity index (χ0) is 24.6. The Morgan fingerprint density at radius 2 is 1.80 bits per heavy atom. The van der Waals surface area contributed by atoms with Gasteiger partial charge >= 0.3 is 12.1 Å². The van der Waals surface area contributed by atoms with Gasteiger partial charge in [0.05, 0.1) is 12.0 Å². The molecule has 2 heterocycles. The maximum Gasteiger partial charge on any atom is 0.417 e. The van der Waals surface area contributed by atoms with Crippen LogP contribution < -0.4 is 5.32 Å². The van der Waals surface area contributed by atoms with E-state index < -0.39 is 17.7 Å². The average Bonchev–Trinajstić information content (AvgIpc) is 3.46. The SMILES string of the molecule is O=C(O)CCNCc1ccc2nc(-c3cccc(C(F)(F)F)c3-c3ccc4cccc-4o3)oc2c1. The Morgan fingerprint density at radius 1 is 0.971 bits per heavy atom. The maximum atomic E-state index is 14.0. The first-order chi connectivity index (χ1) is 16.8. The highest BCUT2D eigenvalue weighted by Crippen LogP contribution is 2.44. The fourth-order valence-electron chi connectivity index (χ4n) is 3.95. The minimum atomic E-state index is -4.62. The Balaban J connectivity index is 1.57. The number of hydrogen-bond acceptors (Lipinski definition) is 5. The summed E-state index contributed by atoms with van der Waals surface area (Å²) >= 11 is 0. The summed E-state index contributed by atoms with van der Waals surface area (Å²) in [5.74, 6) is -0.330. The number of nitrogens with one attached hydrogen (secondary N) is 1. The van der Waals surface area contributed by atoms with Crippen LogP contribution in [0.25, 0.3) is 45.2 Å². The van der Waals surface area contributed by atoms with Crippen LogP contribution in [0.5, 0.6) is 0 Å². The Labute approximate surface area is 197 Å². The van der Waals surface area contributed by atoms with E-state index in [1.165, 1.54) is 18.2 Å². The van der Waals surface area contributed by atoms with Gasteiger partial charge in [0.2, 0.25) is 5.89 Å². The van der Waals surface area contributed by atoms with Gasteiger partial charge in [-0.25, -0.2) is 4.98 Å². The van der Waals surface area contributed by atoms with Gasteiger partial charge in [-0.2, -0.15) is 13.2 Å². The van der Waals surface area contributed by atoms with Gasteiger partial charge in [-0.3, -0.25) is 4.79 Å². The minimum Gasteiger partial charge on any atom is -0.481 e. The summed E-state index contributed by atoms with van der Waals surface area (Å²) in [6, 6.07) is 17.6. The average molecular weight is 480 g/mol. The Morgan fingerprint density at radius 3 is 2.60 bits per heavy atom. The van der Waals surface area contributed by atoms with Crippen molar-refractivity contribution in [1.82, 2.24) is 10.3 Å². The smallest absolute Gasteiger partial charge is 0.417 e. The van der Waals surface area contributed by atoms with E-state index in [9.17, 15) is 18.0 Å². The summed E-state index contributed by atoms with van der Waals surface area (Å²) in [5.41, 5.74) is 1.66. The number of carboxylic acids is 1. The molecule has 5 rings (SSSR count). The van der Waals surface area contributed by atoms with E-state index in [2.05, 4.69) is 10.3 Å². The van der Waals surface area contributed by atoms with Gasteiger partial charge in [0, 0.05) is 29.8 Å². The molecule has 0 bridgehead atoms. The highest BCUT2D eigenvalue weighted by atomic mass is 19.4. The van der Waals surface area contributed by atoms with Crippen molar-refractivity contribution >= 4 is 17.1 Å². The van der Waals surface area contributed by atoms with Crippen LogP contribution in [0.4, 0.5) is 13.2 Å². The van der Waals surface area contributed by atoms with E-state index in [-0.39, 0.29) is 29.2 Å². The van der Waals surface area contributed by atoms with Crippen molar-refractivity contribution in [1.29, 1.82) is 0 Å². The molecule has 2 aliphatic rings. The number of fused-ring (bicyclic) bond motifs is 2. The van der Waals surface area contributed by atoms with E-state index in [0.29, 0.717) is 29.9 Å². The molecule has 2 aromatic carbocycles. The number of halogens is 3. The molecule has 6 nitrogen and oxygen atoms in total. The number of carboxylic acid groups (broad SMARTS) is 1. The molecule has 0 radical (unpaired) electrons. The summed E-state index contributed by atoms with van der Waals surface area (Å²) in [6.45, 7) is 0.715. The number of hydrogen-bond donors (Lipinski definition) is 2. The van der Waals surface area contributed by atoms with Gasteiger partial charge < -0.3 is 19.3 Å². The van der Waals surface area contributed by atoms with Crippen molar-refractivity contribution in [2.75, 3.05) is 6.54 Å². The molecule has 0 saturated heterocycles. The van der Waals surface area contributed by atoms with E-state index in [1.807, 2.05) is 6.07 Å². The van der Waals surface area contributed by atoms with Crippen molar-refractivity contribution < 1.29 is 31.9 Å². The van der Waals surface area contributed by atoms with Gasteiger partial charge in [-0.05, 0) is 48.0 Å². The standard InChI is InChI=1S/C26H19F3N2O4/c27-26(28,29)18-5-2-4-17(24(18)21-10-8-16-3-1-6-20(16)34-21)25-31-19-9-7-15(13-22(19)35-25)14-30-12-11-23(32)33/h1-10,13,30H,11-12,14H2,(H,32,33). The lowest BCUT2D eigenvalue weighted by Gasteiger charge is -2.15. The van der Waals surface area contributed by atoms with Crippen LogP contribution in [0.3, 0.4) is 0 Å². The Bertz CT molecular complexity index is 1490. The lowest BCUT2D eigenvalue weighted by molar-refractivity contribution is -0.137. The van der Waals surface area contributed by atoms with Crippen molar-refractivity contribution in [2.45, 2.75) is 19.1 Å². The van der Waals surface area contributed by atoms with Crippen molar-refractivity contribution in [3.8, 4) is 34.1 Å². The van der Waals surface area contributed by atoms with Gasteiger partial charge in [-0.15, -0.1) is 0 Å². The molecule has 0 saturated carbocycles. The monoisotopic (exact) mass is 480 g/mol. The summed E-state index contributed by atoms with van der Waals surface area (Å²) in [4.78, 5) is 15.1. The number of rotatable bonds is 7. The topological polar surface area (TPSA) is 88.5 Å². The molecule has 0 spiro atoms. The molecule has 2 N–H and O–H groups in total. The molecule has 1 aliphatic heterocycles.